The molecule has 206 valence electrons. The third-order valence-electron chi connectivity index (χ3n) is 3.72. The average molecular weight is 546 g/mol. The van der Waals surface area contributed by atoms with Gasteiger partial charge in [-0.25, -0.2) is 18.8 Å². The van der Waals surface area contributed by atoms with Gasteiger partial charge in [-0.3, -0.25) is 23.4 Å². The zero-order valence-electron chi connectivity index (χ0n) is 20.3. The number of ether oxygens (including phenoxy) is 5. The van der Waals surface area contributed by atoms with E-state index in [0.717, 1.165) is 0 Å². The highest BCUT2D eigenvalue weighted by Gasteiger charge is 2.23. The molecule has 0 saturated heterocycles. The first-order chi connectivity index (χ1) is 16.9. The standard InChI is InChI=1S/C19H29F2N2O12P/c1-11(2)34-18(26)29-9-32-36(33-10-30-19(27)35-12(3)4)31-8-13(28-5)6-15(21)23-7-14(20)16(24)22-17(23)25/h7,11-13,15H,6,8-10H2,1-5H3,(H,22,24,25). The van der Waals surface area contributed by atoms with Crippen molar-refractivity contribution in [2.24, 2.45) is 0 Å². The van der Waals surface area contributed by atoms with Crippen LogP contribution in [-0.4, -0.2) is 67.5 Å². The van der Waals surface area contributed by atoms with E-state index >= 15 is 0 Å². The van der Waals surface area contributed by atoms with Crippen molar-refractivity contribution >= 4 is 20.9 Å². The number of alkyl halides is 1. The molecule has 0 aliphatic rings. The fraction of sp³-hybridized carbons (Fsp3) is 0.684. The molecule has 0 saturated carbocycles. The van der Waals surface area contributed by atoms with Gasteiger partial charge in [0.1, 0.15) is 0 Å². The van der Waals surface area contributed by atoms with Gasteiger partial charge in [-0.1, -0.05) is 0 Å². The molecular formula is C19H29F2N2O12P. The number of halogens is 2. The highest BCUT2D eigenvalue weighted by atomic mass is 31.2. The van der Waals surface area contributed by atoms with E-state index in [0.29, 0.717) is 10.8 Å². The van der Waals surface area contributed by atoms with Crippen molar-refractivity contribution in [3.8, 4) is 0 Å². The van der Waals surface area contributed by atoms with Crippen molar-refractivity contribution < 1.29 is 55.6 Å². The molecule has 0 fully saturated rings. The number of aromatic amines is 1. The molecule has 0 spiro atoms. The van der Waals surface area contributed by atoms with Crippen LogP contribution < -0.4 is 11.2 Å². The summed E-state index contributed by atoms with van der Waals surface area (Å²) in [6.45, 7) is 4.71. The van der Waals surface area contributed by atoms with E-state index in [1.807, 2.05) is 0 Å². The van der Waals surface area contributed by atoms with E-state index < -0.39 is 82.6 Å². The van der Waals surface area contributed by atoms with Crippen LogP contribution in [0.25, 0.3) is 0 Å². The van der Waals surface area contributed by atoms with E-state index in [9.17, 15) is 28.0 Å². The highest BCUT2D eigenvalue weighted by Crippen LogP contribution is 2.40. The van der Waals surface area contributed by atoms with Gasteiger partial charge >= 0.3 is 26.6 Å². The van der Waals surface area contributed by atoms with Crippen LogP contribution in [0.2, 0.25) is 0 Å². The molecule has 36 heavy (non-hydrogen) atoms. The fourth-order valence-electron chi connectivity index (χ4n) is 2.18. The number of hydrogen-bond donors (Lipinski definition) is 1. The largest absolute Gasteiger partial charge is 0.510 e. The number of carbonyl (C=O) groups is 2. The van der Waals surface area contributed by atoms with Gasteiger partial charge in [0.25, 0.3) is 5.56 Å². The molecule has 1 aromatic heterocycles. The molecule has 2 atom stereocenters. The first kappa shape index (κ1) is 31.4. The van der Waals surface area contributed by atoms with E-state index in [4.69, 9.17) is 37.3 Å². The second-order valence-electron chi connectivity index (χ2n) is 7.31. The summed E-state index contributed by atoms with van der Waals surface area (Å²) in [5.74, 6) is -1.35. The van der Waals surface area contributed by atoms with Gasteiger partial charge in [0.2, 0.25) is 19.4 Å². The van der Waals surface area contributed by atoms with Crippen LogP contribution in [0.15, 0.2) is 15.8 Å². The zero-order valence-corrected chi connectivity index (χ0v) is 21.2. The Hall–Kier alpha value is -2.65. The summed E-state index contributed by atoms with van der Waals surface area (Å²) in [7, 11) is -1.12. The second kappa shape index (κ2) is 16.2. The van der Waals surface area contributed by atoms with Crippen molar-refractivity contribution in [1.82, 2.24) is 9.55 Å². The summed E-state index contributed by atoms with van der Waals surface area (Å²) in [6, 6.07) is 0. The van der Waals surface area contributed by atoms with Gasteiger partial charge in [-0.05, 0) is 27.7 Å². The molecule has 0 amide bonds. The number of rotatable bonds is 15. The number of nitrogens with one attached hydrogen (secondary N) is 1. The Kier molecular flexibility index (Phi) is 14.1. The Morgan fingerprint density at radius 3 is 2.00 bits per heavy atom. The second-order valence-corrected chi connectivity index (χ2v) is 8.53. The normalized spacial score (nSPS) is 13.1. The SMILES string of the molecule is COC(COP(OCOC(=O)OC(C)C)OCOC(=O)OC(C)C)CC(F)n1cc(F)c(=O)[nH]c1=O. The molecule has 17 heteroatoms. The summed E-state index contributed by atoms with van der Waals surface area (Å²) in [6.07, 6.45) is -6.10. The Labute approximate surface area is 205 Å². The molecule has 1 N–H and O–H groups in total. The summed E-state index contributed by atoms with van der Waals surface area (Å²) >= 11 is 0. The predicted octanol–water partition coefficient (Wildman–Crippen LogP) is 2.86. The molecule has 14 nitrogen and oxygen atoms in total. The van der Waals surface area contributed by atoms with Gasteiger partial charge in [0.05, 0.1) is 31.1 Å². The van der Waals surface area contributed by atoms with Gasteiger partial charge in [0.15, 0.2) is 6.30 Å². The summed E-state index contributed by atoms with van der Waals surface area (Å²) in [5.41, 5.74) is -2.44. The number of carbonyl (C=O) groups excluding carboxylic acids is 2. The molecule has 1 heterocycles. The maximum Gasteiger partial charge on any atom is 0.510 e. The maximum absolute atomic E-state index is 14.6. The van der Waals surface area contributed by atoms with E-state index in [-0.39, 0.29) is 6.61 Å². The Morgan fingerprint density at radius 1 is 1.00 bits per heavy atom. The van der Waals surface area contributed by atoms with Crippen LogP contribution in [0.4, 0.5) is 18.4 Å². The maximum atomic E-state index is 14.6. The van der Waals surface area contributed by atoms with E-state index in [1.54, 1.807) is 32.7 Å². The van der Waals surface area contributed by atoms with E-state index in [2.05, 4.69) is 0 Å². The van der Waals surface area contributed by atoms with Crippen LogP contribution in [0.5, 0.6) is 0 Å². The molecule has 0 bridgehead atoms. The lowest BCUT2D eigenvalue weighted by Gasteiger charge is -2.22. The minimum atomic E-state index is -2.34. The molecule has 0 aromatic carbocycles. The third-order valence-corrected chi connectivity index (χ3v) is 4.71. The van der Waals surface area contributed by atoms with Gasteiger partial charge in [-0.2, -0.15) is 4.39 Å². The summed E-state index contributed by atoms with van der Waals surface area (Å²) in [4.78, 5) is 47.4. The van der Waals surface area contributed by atoms with Gasteiger partial charge in [-0.15, -0.1) is 0 Å². The number of nitrogens with zero attached hydrogens (tertiary/aromatic N) is 1. The van der Waals surface area contributed by atoms with Crippen molar-refractivity contribution in [3.05, 3.63) is 32.9 Å². The quantitative estimate of drug-likeness (QED) is 0.195. The first-order valence-electron chi connectivity index (χ1n) is 10.5. The van der Waals surface area contributed by atoms with Crippen LogP contribution in [0.3, 0.4) is 0 Å². The molecule has 1 rings (SSSR count). The lowest BCUT2D eigenvalue weighted by Crippen LogP contribution is -2.34. The van der Waals surface area contributed by atoms with Crippen molar-refractivity contribution in [2.75, 3.05) is 27.3 Å². The number of hydrogen-bond acceptors (Lipinski definition) is 12. The molecule has 0 aliphatic heterocycles. The summed E-state index contributed by atoms with van der Waals surface area (Å²) in [5, 5.41) is 0. The Balaban J connectivity index is 2.71. The zero-order chi connectivity index (χ0) is 27.3. The molecule has 1 aromatic rings. The summed E-state index contributed by atoms with van der Waals surface area (Å²) < 4.78 is 68.1. The van der Waals surface area contributed by atoms with Crippen molar-refractivity contribution in [2.45, 2.75) is 58.7 Å². The minimum absolute atomic E-state index is 0.348. The molecular weight excluding hydrogens is 517 g/mol. The van der Waals surface area contributed by atoms with Crippen LogP contribution in [0, 0.1) is 5.82 Å². The monoisotopic (exact) mass is 546 g/mol. The lowest BCUT2D eigenvalue weighted by molar-refractivity contribution is -0.0419. The lowest BCUT2D eigenvalue weighted by atomic mass is 10.2. The highest BCUT2D eigenvalue weighted by molar-refractivity contribution is 7.41. The molecule has 2 unspecified atom stereocenters. The van der Waals surface area contributed by atoms with Crippen molar-refractivity contribution in [1.29, 1.82) is 0 Å². The van der Waals surface area contributed by atoms with Crippen LogP contribution in [-0.2, 0) is 37.3 Å². The average Bonchev–Trinajstić information content (AvgIpc) is 2.77. The van der Waals surface area contributed by atoms with Gasteiger partial charge < -0.3 is 28.2 Å². The van der Waals surface area contributed by atoms with Crippen molar-refractivity contribution in [3.63, 3.8) is 0 Å². The van der Waals surface area contributed by atoms with Crippen LogP contribution >= 0.6 is 8.60 Å². The smallest absolute Gasteiger partial charge is 0.432 e. The fourth-order valence-corrected chi connectivity index (χ4v) is 2.96. The van der Waals surface area contributed by atoms with E-state index in [1.165, 1.54) is 7.11 Å². The van der Waals surface area contributed by atoms with Crippen LogP contribution in [0.1, 0.15) is 40.4 Å². The molecule has 0 radical (unpaired) electrons. The first-order valence-corrected chi connectivity index (χ1v) is 11.6. The number of methoxy groups -OCH3 is 1. The Bertz CT molecular complexity index is 914. The molecule has 0 aliphatic carbocycles. The Morgan fingerprint density at radius 2 is 1.53 bits per heavy atom. The topological polar surface area (TPSA) is 163 Å². The number of H-pyrrole nitrogens is 1. The predicted molar refractivity (Wildman–Crippen MR) is 117 cm³/mol. The minimum Gasteiger partial charge on any atom is -0.432 e. The van der Waals surface area contributed by atoms with Gasteiger partial charge in [0, 0.05) is 13.5 Å². The number of aromatic nitrogens is 2. The third kappa shape index (κ3) is 12.4.